The van der Waals surface area contributed by atoms with Crippen LogP contribution in [-0.2, 0) is 9.59 Å². The first-order valence-electron chi connectivity index (χ1n) is 11.9. The number of anilines is 1. The zero-order chi connectivity index (χ0) is 27.8. The number of methoxy groups -OCH3 is 1. The van der Waals surface area contributed by atoms with E-state index < -0.39 is 17.7 Å². The highest BCUT2D eigenvalue weighted by Gasteiger charge is 2.48. The quantitative estimate of drug-likeness (QED) is 0.131. The van der Waals surface area contributed by atoms with Crippen LogP contribution in [-0.4, -0.2) is 40.6 Å². The molecule has 2 N–H and O–H groups in total. The predicted molar refractivity (Wildman–Crippen MR) is 154 cm³/mol. The van der Waals surface area contributed by atoms with Gasteiger partial charge in [-0.1, -0.05) is 42.0 Å². The van der Waals surface area contributed by atoms with Crippen molar-refractivity contribution in [1.82, 2.24) is 4.98 Å². The van der Waals surface area contributed by atoms with E-state index in [0.29, 0.717) is 34.0 Å². The van der Waals surface area contributed by atoms with Crippen molar-refractivity contribution in [2.24, 2.45) is 0 Å². The maximum atomic E-state index is 13.5. The molecule has 0 bridgehead atoms. The lowest BCUT2D eigenvalue weighted by Gasteiger charge is -2.24. The molecule has 0 aliphatic carbocycles. The normalized spacial score (nSPS) is 16.7. The lowest BCUT2D eigenvalue weighted by molar-refractivity contribution is -0.132. The van der Waals surface area contributed by atoms with E-state index >= 15 is 0 Å². The number of hydrogen-bond acceptors (Lipinski definition) is 8. The van der Waals surface area contributed by atoms with Gasteiger partial charge in [0.25, 0.3) is 5.78 Å². The predicted octanol–water partition coefficient (Wildman–Crippen LogP) is 6.84. The Labute approximate surface area is 241 Å². The fourth-order valence-corrected chi connectivity index (χ4v) is 6.08. The molecule has 0 spiro atoms. The SMILES string of the molecule is CCCOc1cccc(/C(O)=C2\C(=O)C(=O)N(c3nc4ccc(Cl)cc4s3)C2c2cc(Br)c(O)c(OC)c2)c1. The fourth-order valence-electron chi connectivity index (χ4n) is 4.35. The summed E-state index contributed by atoms with van der Waals surface area (Å²) < 4.78 is 12.0. The van der Waals surface area contributed by atoms with E-state index in [0.717, 1.165) is 11.1 Å². The number of aliphatic hydroxyl groups is 1. The number of aromatic hydroxyl groups is 1. The van der Waals surface area contributed by atoms with E-state index in [2.05, 4.69) is 20.9 Å². The molecule has 1 unspecified atom stereocenters. The molecule has 11 heteroatoms. The van der Waals surface area contributed by atoms with E-state index in [1.807, 2.05) is 6.92 Å². The van der Waals surface area contributed by atoms with Crippen LogP contribution in [0.1, 0.15) is 30.5 Å². The number of ether oxygens (including phenoxy) is 2. The zero-order valence-corrected chi connectivity index (χ0v) is 23.9. The van der Waals surface area contributed by atoms with Crippen LogP contribution in [0.3, 0.4) is 0 Å². The maximum absolute atomic E-state index is 13.5. The number of fused-ring (bicyclic) bond motifs is 1. The number of aromatic nitrogens is 1. The van der Waals surface area contributed by atoms with Gasteiger partial charge in [-0.15, -0.1) is 0 Å². The summed E-state index contributed by atoms with van der Waals surface area (Å²) in [4.78, 5) is 32.9. The number of carbonyl (C=O) groups is 2. The number of nitrogens with zero attached hydrogens (tertiary/aromatic N) is 2. The number of Topliss-reactive ketones (excluding diaryl/α,β-unsaturated/α-hetero) is 1. The molecule has 1 aliphatic heterocycles. The van der Waals surface area contributed by atoms with E-state index in [1.165, 1.54) is 29.4 Å². The Morgan fingerprint density at radius 1 is 1.18 bits per heavy atom. The largest absolute Gasteiger partial charge is 0.507 e. The maximum Gasteiger partial charge on any atom is 0.301 e. The summed E-state index contributed by atoms with van der Waals surface area (Å²) in [6, 6.07) is 13.8. The number of ketones is 1. The number of phenolic OH excluding ortho intramolecular Hbond substituents is 1. The molecule has 1 aromatic heterocycles. The highest BCUT2D eigenvalue weighted by atomic mass is 79.9. The Hall–Kier alpha value is -3.60. The number of phenols is 1. The van der Waals surface area contributed by atoms with Crippen LogP contribution in [0.5, 0.6) is 17.2 Å². The molecule has 0 saturated carbocycles. The van der Waals surface area contributed by atoms with Crippen LogP contribution < -0.4 is 14.4 Å². The van der Waals surface area contributed by atoms with Gasteiger partial charge in [0.1, 0.15) is 11.5 Å². The molecule has 1 aliphatic rings. The van der Waals surface area contributed by atoms with Crippen LogP contribution in [0.25, 0.3) is 16.0 Å². The molecule has 39 heavy (non-hydrogen) atoms. The van der Waals surface area contributed by atoms with Gasteiger partial charge < -0.3 is 19.7 Å². The van der Waals surface area contributed by atoms with Crippen LogP contribution in [0, 0.1) is 0 Å². The molecule has 2 heterocycles. The molecule has 200 valence electrons. The summed E-state index contributed by atoms with van der Waals surface area (Å²) in [7, 11) is 1.39. The lowest BCUT2D eigenvalue weighted by Crippen LogP contribution is -2.29. The second-order valence-corrected chi connectivity index (χ2v) is 11.0. The number of halogens is 2. The number of amides is 1. The Morgan fingerprint density at radius 3 is 2.72 bits per heavy atom. The topological polar surface area (TPSA) is 109 Å². The minimum absolute atomic E-state index is 0.121. The van der Waals surface area contributed by atoms with Gasteiger partial charge in [-0.05, 0) is 70.4 Å². The van der Waals surface area contributed by atoms with Crippen LogP contribution in [0.15, 0.2) is 64.6 Å². The first kappa shape index (κ1) is 27.0. The van der Waals surface area contributed by atoms with Gasteiger partial charge in [-0.3, -0.25) is 14.5 Å². The number of hydrogen-bond donors (Lipinski definition) is 2. The molecule has 1 saturated heterocycles. The first-order valence-corrected chi connectivity index (χ1v) is 13.9. The molecule has 4 aromatic rings. The lowest BCUT2D eigenvalue weighted by atomic mass is 9.95. The van der Waals surface area contributed by atoms with Gasteiger partial charge >= 0.3 is 5.91 Å². The van der Waals surface area contributed by atoms with Crippen molar-refractivity contribution in [3.05, 3.63) is 80.8 Å². The van der Waals surface area contributed by atoms with Gasteiger partial charge in [-0.2, -0.15) is 0 Å². The highest BCUT2D eigenvalue weighted by Crippen LogP contribution is 2.47. The highest BCUT2D eigenvalue weighted by molar-refractivity contribution is 9.10. The van der Waals surface area contributed by atoms with E-state index in [-0.39, 0.29) is 32.4 Å². The smallest absolute Gasteiger partial charge is 0.301 e. The number of carbonyl (C=O) groups excluding carboxylic acids is 2. The number of rotatable bonds is 7. The molecular formula is C28H22BrClN2O6S. The van der Waals surface area contributed by atoms with Crippen molar-refractivity contribution in [3.8, 4) is 17.2 Å². The molecule has 5 rings (SSSR count). The average molecular weight is 630 g/mol. The third kappa shape index (κ3) is 4.95. The third-order valence-electron chi connectivity index (χ3n) is 6.16. The summed E-state index contributed by atoms with van der Waals surface area (Å²) in [6.07, 6.45) is 0.798. The van der Waals surface area contributed by atoms with Crippen molar-refractivity contribution in [3.63, 3.8) is 0 Å². The molecule has 1 amide bonds. The monoisotopic (exact) mass is 628 g/mol. The Balaban J connectivity index is 1.73. The molecular weight excluding hydrogens is 608 g/mol. The van der Waals surface area contributed by atoms with Crippen LogP contribution >= 0.6 is 38.9 Å². The second kappa shape index (κ2) is 10.9. The third-order valence-corrected chi connectivity index (χ3v) is 8.01. The fraction of sp³-hybridized carbons (Fsp3) is 0.179. The van der Waals surface area contributed by atoms with Crippen molar-refractivity contribution in [1.29, 1.82) is 0 Å². The number of benzene rings is 3. The Kier molecular flexibility index (Phi) is 7.53. The van der Waals surface area contributed by atoms with Gasteiger partial charge in [0.05, 0.1) is 40.0 Å². The van der Waals surface area contributed by atoms with Crippen molar-refractivity contribution >= 4 is 71.7 Å². The molecule has 1 fully saturated rings. The summed E-state index contributed by atoms with van der Waals surface area (Å²) in [5.74, 6) is -1.60. The average Bonchev–Trinajstić information content (AvgIpc) is 3.46. The van der Waals surface area contributed by atoms with E-state index in [9.17, 15) is 19.8 Å². The van der Waals surface area contributed by atoms with Crippen molar-refractivity contribution < 1.29 is 29.3 Å². The Bertz CT molecular complexity index is 1650. The van der Waals surface area contributed by atoms with Crippen molar-refractivity contribution in [2.75, 3.05) is 18.6 Å². The van der Waals surface area contributed by atoms with Gasteiger partial charge in [0.2, 0.25) is 0 Å². The summed E-state index contributed by atoms with van der Waals surface area (Å²) in [6.45, 7) is 2.46. The van der Waals surface area contributed by atoms with Gasteiger partial charge in [-0.25, -0.2) is 4.98 Å². The van der Waals surface area contributed by atoms with Crippen molar-refractivity contribution in [2.45, 2.75) is 19.4 Å². The molecule has 0 radical (unpaired) electrons. The summed E-state index contributed by atoms with van der Waals surface area (Å²) in [5.41, 5.74) is 1.19. The van der Waals surface area contributed by atoms with E-state index in [4.69, 9.17) is 21.1 Å². The number of aliphatic hydroxyl groups excluding tert-OH is 1. The summed E-state index contributed by atoms with van der Waals surface area (Å²) in [5, 5.41) is 22.6. The van der Waals surface area contributed by atoms with Crippen LogP contribution in [0.4, 0.5) is 5.13 Å². The van der Waals surface area contributed by atoms with Crippen LogP contribution in [0.2, 0.25) is 5.02 Å². The van der Waals surface area contributed by atoms with E-state index in [1.54, 1.807) is 48.5 Å². The minimum atomic E-state index is -1.08. The molecule has 1 atom stereocenters. The minimum Gasteiger partial charge on any atom is -0.507 e. The summed E-state index contributed by atoms with van der Waals surface area (Å²) >= 11 is 10.7. The second-order valence-electron chi connectivity index (χ2n) is 8.71. The molecule has 3 aromatic carbocycles. The first-order chi connectivity index (χ1) is 18.7. The molecule has 8 nitrogen and oxygen atoms in total. The zero-order valence-electron chi connectivity index (χ0n) is 20.8. The van der Waals surface area contributed by atoms with Gasteiger partial charge in [0.15, 0.2) is 16.6 Å². The Morgan fingerprint density at radius 2 is 1.97 bits per heavy atom. The van der Waals surface area contributed by atoms with Gasteiger partial charge in [0, 0.05) is 10.6 Å². The standard InChI is InChI=1S/C28H22BrClN2O6S/c1-3-9-38-17-6-4-5-14(10-17)24(33)22-23(15-11-18(29)25(34)20(12-15)37-2)32(27(36)26(22)35)28-31-19-8-7-16(30)13-21(19)39-28/h4-8,10-13,23,33-34H,3,9H2,1-2H3/b24-22+. The number of thiazole rings is 1.